The lowest BCUT2D eigenvalue weighted by Gasteiger charge is -2.23. The van der Waals surface area contributed by atoms with Crippen LogP contribution in [-0.2, 0) is 23.1 Å². The van der Waals surface area contributed by atoms with Gasteiger partial charge in [-0.25, -0.2) is 14.6 Å². The van der Waals surface area contributed by atoms with E-state index in [0.29, 0.717) is 18.8 Å². The van der Waals surface area contributed by atoms with Crippen LogP contribution in [0.2, 0.25) is 0 Å². The highest BCUT2D eigenvalue weighted by Crippen LogP contribution is 2.22. The van der Waals surface area contributed by atoms with Crippen LogP contribution in [0.25, 0.3) is 11.2 Å². The van der Waals surface area contributed by atoms with Gasteiger partial charge in [-0.15, -0.1) is 0 Å². The number of hydrogen-bond donors (Lipinski definition) is 1. The monoisotopic (exact) mass is 379 g/mol. The minimum atomic E-state index is -0.682. The van der Waals surface area contributed by atoms with E-state index < -0.39 is 23.3 Å². The van der Waals surface area contributed by atoms with Crippen molar-refractivity contribution in [3.8, 4) is 0 Å². The second-order valence-corrected chi connectivity index (χ2v) is 6.56. The Kier molecular flexibility index (Phi) is 6.95. The number of nitrogens with one attached hydrogen (secondary N) is 1. The first kappa shape index (κ1) is 20.9. The Labute approximate surface area is 158 Å². The molecule has 1 atom stereocenters. The molecular formula is C18H29N5O4. The normalized spacial score (nSPS) is 12.7. The molecule has 0 fully saturated rings. The first-order valence-corrected chi connectivity index (χ1v) is 9.39. The minimum Gasteiger partial charge on any atom is -0.467 e. The van der Waals surface area contributed by atoms with Crippen molar-refractivity contribution in [3.63, 3.8) is 0 Å². The highest BCUT2D eigenvalue weighted by Gasteiger charge is 2.28. The summed E-state index contributed by atoms with van der Waals surface area (Å²) in [6.45, 7) is 8.22. The Bertz CT molecular complexity index is 911. The molecule has 0 unspecified atom stereocenters. The molecule has 1 N–H and O–H groups in total. The van der Waals surface area contributed by atoms with Gasteiger partial charge in [-0.1, -0.05) is 27.2 Å². The summed E-state index contributed by atoms with van der Waals surface area (Å²) in [4.78, 5) is 46.0. The van der Waals surface area contributed by atoms with E-state index in [-0.39, 0.29) is 11.2 Å². The number of hydrogen-bond acceptors (Lipinski definition) is 6. The summed E-state index contributed by atoms with van der Waals surface area (Å²) in [6.07, 6.45) is 2.55. The van der Waals surface area contributed by atoms with Crippen LogP contribution in [0.5, 0.6) is 0 Å². The smallest absolute Gasteiger partial charge is 0.329 e. The molecule has 0 aliphatic heterocycles. The van der Waals surface area contributed by atoms with Gasteiger partial charge in [-0.05, 0) is 25.9 Å². The summed E-state index contributed by atoms with van der Waals surface area (Å²) < 4.78 is 7.87. The van der Waals surface area contributed by atoms with Crippen molar-refractivity contribution < 1.29 is 9.53 Å². The highest BCUT2D eigenvalue weighted by molar-refractivity contribution is 5.79. The molecule has 2 heterocycles. The lowest BCUT2D eigenvalue weighted by atomic mass is 10.2. The molecule has 9 nitrogen and oxygen atoms in total. The quantitative estimate of drug-likeness (QED) is 0.656. The molecule has 0 radical (unpaired) electrons. The van der Waals surface area contributed by atoms with E-state index in [1.165, 1.54) is 11.7 Å². The number of aromatic nitrogens is 4. The maximum Gasteiger partial charge on any atom is 0.329 e. The molecule has 0 aliphatic rings. The van der Waals surface area contributed by atoms with Gasteiger partial charge >= 0.3 is 11.7 Å². The Balaban J connectivity index is 2.70. The summed E-state index contributed by atoms with van der Waals surface area (Å²) >= 11 is 0. The van der Waals surface area contributed by atoms with E-state index in [2.05, 4.69) is 28.7 Å². The maximum absolute atomic E-state index is 12.5. The molecule has 27 heavy (non-hydrogen) atoms. The van der Waals surface area contributed by atoms with Crippen molar-refractivity contribution in [2.24, 2.45) is 7.05 Å². The fourth-order valence-corrected chi connectivity index (χ4v) is 3.22. The van der Waals surface area contributed by atoms with Crippen molar-refractivity contribution in [2.75, 3.05) is 20.2 Å². The predicted octanol–water partition coefficient (Wildman–Crippen LogP) is 1.17. The second-order valence-electron chi connectivity index (χ2n) is 6.56. The van der Waals surface area contributed by atoms with Gasteiger partial charge in [0.25, 0.3) is 5.56 Å². The third kappa shape index (κ3) is 4.13. The summed E-state index contributed by atoms with van der Waals surface area (Å²) in [5, 5.41) is 0. The summed E-state index contributed by atoms with van der Waals surface area (Å²) in [6, 6.07) is -0.682. The summed E-state index contributed by atoms with van der Waals surface area (Å²) in [5.74, 6) is 0.134. The molecule has 2 aromatic rings. The molecule has 0 bridgehead atoms. The SMILES string of the molecule is CCCCN(CC)Cc1nc2c(c(=O)[nH]c(=O)n2C)n1[C@H](CC)C(=O)OC. The molecular weight excluding hydrogens is 350 g/mol. The summed E-state index contributed by atoms with van der Waals surface area (Å²) in [5.41, 5.74) is -0.595. The standard InChI is InChI=1S/C18H29N5O4/c1-6-9-10-22(8-3)11-13-19-15-14(16(24)20-18(26)21(15)4)23(13)12(7-2)17(25)27-5/h12H,6-11H2,1-5H3,(H,20,24,26)/t12-/m1/s1. The Morgan fingerprint density at radius 3 is 2.56 bits per heavy atom. The molecule has 9 heteroatoms. The number of aromatic amines is 1. The van der Waals surface area contributed by atoms with Crippen LogP contribution in [0.1, 0.15) is 51.9 Å². The van der Waals surface area contributed by atoms with Crippen molar-refractivity contribution >= 4 is 17.1 Å². The van der Waals surface area contributed by atoms with Crippen molar-refractivity contribution in [3.05, 3.63) is 26.7 Å². The fraction of sp³-hybridized carbons (Fsp3) is 0.667. The molecule has 0 aliphatic carbocycles. The largest absolute Gasteiger partial charge is 0.467 e. The van der Waals surface area contributed by atoms with Gasteiger partial charge in [0.15, 0.2) is 11.2 Å². The van der Waals surface area contributed by atoms with Gasteiger partial charge in [0.2, 0.25) is 0 Å². The molecule has 0 saturated carbocycles. The van der Waals surface area contributed by atoms with Crippen LogP contribution in [-0.4, -0.2) is 50.2 Å². The Morgan fingerprint density at radius 1 is 1.30 bits per heavy atom. The number of fused-ring (bicyclic) bond motifs is 1. The molecule has 2 rings (SSSR count). The molecule has 0 amide bonds. The number of carbonyl (C=O) groups is 1. The number of carbonyl (C=O) groups excluding carboxylic acids is 1. The third-order valence-corrected chi connectivity index (χ3v) is 4.84. The van der Waals surface area contributed by atoms with E-state index in [1.807, 2.05) is 6.92 Å². The van der Waals surface area contributed by atoms with Crippen molar-refractivity contribution in [2.45, 2.75) is 52.6 Å². The maximum atomic E-state index is 12.5. The van der Waals surface area contributed by atoms with Crippen LogP contribution in [0, 0.1) is 0 Å². The molecule has 2 aromatic heterocycles. The third-order valence-electron chi connectivity index (χ3n) is 4.84. The zero-order valence-corrected chi connectivity index (χ0v) is 16.7. The van der Waals surface area contributed by atoms with Gasteiger partial charge in [0, 0.05) is 7.05 Å². The lowest BCUT2D eigenvalue weighted by molar-refractivity contribution is -0.144. The van der Waals surface area contributed by atoms with Crippen molar-refractivity contribution in [1.82, 2.24) is 24.0 Å². The number of unbranched alkanes of at least 4 members (excludes halogenated alkanes) is 1. The second kappa shape index (κ2) is 8.98. The number of ether oxygens (including phenoxy) is 1. The molecule has 0 aromatic carbocycles. The number of esters is 1. The van der Waals surface area contributed by atoms with Gasteiger partial charge in [0.05, 0.1) is 13.7 Å². The number of nitrogens with zero attached hydrogens (tertiary/aromatic N) is 4. The Morgan fingerprint density at radius 2 is 2.00 bits per heavy atom. The van der Waals surface area contributed by atoms with E-state index in [0.717, 1.165) is 25.9 Å². The van der Waals surface area contributed by atoms with Crippen LogP contribution in [0.15, 0.2) is 9.59 Å². The van der Waals surface area contributed by atoms with Crippen molar-refractivity contribution in [1.29, 1.82) is 0 Å². The van der Waals surface area contributed by atoms with Gasteiger partial charge in [0.1, 0.15) is 11.9 Å². The van der Waals surface area contributed by atoms with Crippen LogP contribution in [0.3, 0.4) is 0 Å². The number of methoxy groups -OCH3 is 1. The average molecular weight is 379 g/mol. The average Bonchev–Trinajstić information content (AvgIpc) is 3.03. The number of imidazole rings is 1. The van der Waals surface area contributed by atoms with E-state index in [4.69, 9.17) is 4.74 Å². The number of rotatable bonds is 9. The van der Waals surface area contributed by atoms with Gasteiger partial charge in [-0.2, -0.15) is 0 Å². The highest BCUT2D eigenvalue weighted by atomic mass is 16.5. The lowest BCUT2D eigenvalue weighted by Crippen LogP contribution is -2.32. The van der Waals surface area contributed by atoms with E-state index >= 15 is 0 Å². The molecule has 0 spiro atoms. The number of aryl methyl sites for hydroxylation is 1. The van der Waals surface area contributed by atoms with E-state index in [9.17, 15) is 14.4 Å². The van der Waals surface area contributed by atoms with Crippen LogP contribution < -0.4 is 11.2 Å². The van der Waals surface area contributed by atoms with Crippen LogP contribution >= 0.6 is 0 Å². The predicted molar refractivity (Wildman–Crippen MR) is 103 cm³/mol. The zero-order valence-electron chi connectivity index (χ0n) is 16.7. The molecule has 0 saturated heterocycles. The van der Waals surface area contributed by atoms with Crippen LogP contribution in [0.4, 0.5) is 0 Å². The minimum absolute atomic E-state index is 0.218. The fourth-order valence-electron chi connectivity index (χ4n) is 3.22. The first-order chi connectivity index (χ1) is 12.9. The number of H-pyrrole nitrogens is 1. The van der Waals surface area contributed by atoms with E-state index in [1.54, 1.807) is 11.6 Å². The topological polar surface area (TPSA) is 102 Å². The van der Waals surface area contributed by atoms with Gasteiger partial charge < -0.3 is 9.30 Å². The van der Waals surface area contributed by atoms with Gasteiger partial charge in [-0.3, -0.25) is 19.2 Å². The zero-order chi connectivity index (χ0) is 20.1. The summed E-state index contributed by atoms with van der Waals surface area (Å²) in [7, 11) is 2.87. The Hall–Kier alpha value is -2.42. The first-order valence-electron chi connectivity index (χ1n) is 9.39. The molecule has 150 valence electrons.